The Balaban J connectivity index is 2.21. The fraction of sp³-hybridized carbons (Fsp3) is 0.462. The molecule has 102 valence electrons. The normalized spacial score (nSPS) is 18.6. The Hall–Kier alpha value is -1.95. The predicted molar refractivity (Wildman–Crippen MR) is 70.7 cm³/mol. The molecule has 1 saturated heterocycles. The van der Waals surface area contributed by atoms with Crippen molar-refractivity contribution in [2.75, 3.05) is 31.7 Å². The van der Waals surface area contributed by atoms with Crippen LogP contribution >= 0.6 is 0 Å². The first-order chi connectivity index (χ1) is 9.15. The van der Waals surface area contributed by atoms with Gasteiger partial charge in [-0.1, -0.05) is 0 Å². The molecule has 6 heteroatoms. The van der Waals surface area contributed by atoms with Crippen LogP contribution in [0.2, 0.25) is 0 Å². The molecule has 6 nitrogen and oxygen atoms in total. The molecule has 0 saturated carbocycles. The maximum atomic E-state index is 11.1. The minimum absolute atomic E-state index is 0.0570. The zero-order valence-corrected chi connectivity index (χ0v) is 10.7. The van der Waals surface area contributed by atoms with Gasteiger partial charge in [0.15, 0.2) is 6.29 Å². The number of aldehydes is 1. The molecule has 1 atom stereocenters. The van der Waals surface area contributed by atoms with Crippen molar-refractivity contribution in [1.82, 2.24) is 0 Å². The van der Waals surface area contributed by atoms with E-state index in [1.165, 1.54) is 12.1 Å². The Morgan fingerprint density at radius 3 is 3.00 bits per heavy atom. The van der Waals surface area contributed by atoms with E-state index in [9.17, 15) is 14.9 Å². The largest absolute Gasteiger partial charge is 0.384 e. The summed E-state index contributed by atoms with van der Waals surface area (Å²) in [6.45, 7) is 2.35. The SMILES string of the molecule is COCC1CCN(c2ccc([N+](=O)[O-])cc2C=O)C1. The number of carbonyl (C=O) groups is 1. The molecule has 0 spiro atoms. The first-order valence-corrected chi connectivity index (χ1v) is 6.13. The van der Waals surface area contributed by atoms with E-state index < -0.39 is 4.92 Å². The van der Waals surface area contributed by atoms with Gasteiger partial charge in [-0.05, 0) is 12.5 Å². The molecule has 19 heavy (non-hydrogen) atoms. The number of anilines is 1. The molecule has 0 radical (unpaired) electrons. The molecule has 0 aliphatic carbocycles. The summed E-state index contributed by atoms with van der Waals surface area (Å²) in [5.41, 5.74) is 1.07. The summed E-state index contributed by atoms with van der Waals surface area (Å²) < 4.78 is 5.13. The van der Waals surface area contributed by atoms with Crippen LogP contribution in [0.5, 0.6) is 0 Å². The minimum atomic E-state index is -0.492. The van der Waals surface area contributed by atoms with Crippen LogP contribution < -0.4 is 4.90 Å². The number of hydrogen-bond acceptors (Lipinski definition) is 5. The van der Waals surface area contributed by atoms with Crippen LogP contribution in [-0.4, -0.2) is 38.0 Å². The lowest BCUT2D eigenvalue weighted by Gasteiger charge is -2.20. The molecular formula is C13H16N2O4. The third-order valence-corrected chi connectivity index (χ3v) is 3.38. The van der Waals surface area contributed by atoms with Gasteiger partial charge in [0, 0.05) is 49.5 Å². The topological polar surface area (TPSA) is 72.7 Å². The second-order valence-electron chi connectivity index (χ2n) is 4.67. The summed E-state index contributed by atoms with van der Waals surface area (Å²) in [7, 11) is 1.67. The smallest absolute Gasteiger partial charge is 0.270 e. The first kappa shape index (κ1) is 13.5. The first-order valence-electron chi connectivity index (χ1n) is 6.13. The monoisotopic (exact) mass is 264 g/mol. The van der Waals surface area contributed by atoms with Crippen molar-refractivity contribution in [2.24, 2.45) is 5.92 Å². The lowest BCUT2D eigenvalue weighted by atomic mass is 10.1. The summed E-state index contributed by atoms with van der Waals surface area (Å²) in [4.78, 5) is 23.4. The van der Waals surface area contributed by atoms with Crippen molar-refractivity contribution in [3.05, 3.63) is 33.9 Å². The zero-order valence-electron chi connectivity index (χ0n) is 10.7. The molecule has 1 heterocycles. The Bertz CT molecular complexity index is 490. The summed E-state index contributed by atoms with van der Waals surface area (Å²) in [6, 6.07) is 4.41. The number of nitro groups is 1. The lowest BCUT2D eigenvalue weighted by Crippen LogP contribution is -2.22. The van der Waals surface area contributed by atoms with Crippen LogP contribution in [0.15, 0.2) is 18.2 Å². The van der Waals surface area contributed by atoms with E-state index in [0.717, 1.165) is 25.2 Å². The molecule has 0 aromatic heterocycles. The molecular weight excluding hydrogens is 248 g/mol. The van der Waals surface area contributed by atoms with Crippen LogP contribution in [0.4, 0.5) is 11.4 Å². The Morgan fingerprint density at radius 2 is 2.37 bits per heavy atom. The predicted octanol–water partition coefficient (Wildman–Crippen LogP) is 1.88. The molecule has 0 N–H and O–H groups in total. The third kappa shape index (κ3) is 2.90. The van der Waals surface area contributed by atoms with Gasteiger partial charge < -0.3 is 9.64 Å². The Morgan fingerprint density at radius 1 is 1.58 bits per heavy atom. The van der Waals surface area contributed by atoms with E-state index >= 15 is 0 Å². The Kier molecular flexibility index (Phi) is 4.11. The van der Waals surface area contributed by atoms with Crippen LogP contribution in [0.1, 0.15) is 16.8 Å². The minimum Gasteiger partial charge on any atom is -0.384 e. The third-order valence-electron chi connectivity index (χ3n) is 3.38. The molecule has 2 rings (SSSR count). The highest BCUT2D eigenvalue weighted by Gasteiger charge is 2.24. The number of ether oxygens (including phenoxy) is 1. The van der Waals surface area contributed by atoms with E-state index in [0.29, 0.717) is 24.4 Å². The van der Waals surface area contributed by atoms with Gasteiger partial charge in [-0.3, -0.25) is 14.9 Å². The fourth-order valence-electron chi connectivity index (χ4n) is 2.46. The standard InChI is InChI=1S/C13H16N2O4/c1-19-9-10-4-5-14(7-10)13-3-2-12(15(17)18)6-11(13)8-16/h2-3,6,8,10H,4-5,7,9H2,1H3. The van der Waals surface area contributed by atoms with E-state index in [4.69, 9.17) is 4.74 Å². The summed E-state index contributed by atoms with van der Waals surface area (Å²) in [5, 5.41) is 10.7. The van der Waals surface area contributed by atoms with Gasteiger partial charge in [-0.15, -0.1) is 0 Å². The van der Waals surface area contributed by atoms with Crippen LogP contribution in [0, 0.1) is 16.0 Å². The number of methoxy groups -OCH3 is 1. The summed E-state index contributed by atoms with van der Waals surface area (Å²) in [6.07, 6.45) is 1.68. The molecule has 0 bridgehead atoms. The van der Waals surface area contributed by atoms with Crippen molar-refractivity contribution in [3.63, 3.8) is 0 Å². The average Bonchev–Trinajstić information content (AvgIpc) is 2.86. The van der Waals surface area contributed by atoms with Crippen molar-refractivity contribution in [3.8, 4) is 0 Å². The fourth-order valence-corrected chi connectivity index (χ4v) is 2.46. The highest BCUT2D eigenvalue weighted by atomic mass is 16.6. The molecule has 1 unspecified atom stereocenters. The number of hydrogen-bond donors (Lipinski definition) is 0. The van der Waals surface area contributed by atoms with Gasteiger partial charge in [-0.25, -0.2) is 0 Å². The Labute approximate surface area is 111 Å². The molecule has 1 aliphatic rings. The molecule has 1 aromatic rings. The molecule has 1 fully saturated rings. The van der Waals surface area contributed by atoms with Crippen LogP contribution in [0.25, 0.3) is 0 Å². The number of carbonyl (C=O) groups excluding carboxylic acids is 1. The van der Waals surface area contributed by atoms with Gasteiger partial charge in [0.05, 0.1) is 11.5 Å². The number of nitro benzene ring substituents is 1. The highest BCUT2D eigenvalue weighted by molar-refractivity contribution is 5.86. The second-order valence-corrected chi connectivity index (χ2v) is 4.67. The molecule has 1 aromatic carbocycles. The number of benzene rings is 1. The number of non-ortho nitro benzene ring substituents is 1. The van der Waals surface area contributed by atoms with E-state index in [-0.39, 0.29) is 5.69 Å². The van der Waals surface area contributed by atoms with Crippen molar-refractivity contribution < 1.29 is 14.5 Å². The van der Waals surface area contributed by atoms with Gasteiger partial charge in [0.1, 0.15) is 0 Å². The number of rotatable bonds is 5. The highest BCUT2D eigenvalue weighted by Crippen LogP contribution is 2.29. The van der Waals surface area contributed by atoms with E-state index in [1.54, 1.807) is 13.2 Å². The summed E-state index contributed by atoms with van der Waals surface area (Å²) in [5.74, 6) is 0.444. The van der Waals surface area contributed by atoms with Gasteiger partial charge in [-0.2, -0.15) is 0 Å². The average molecular weight is 264 g/mol. The molecule has 0 amide bonds. The van der Waals surface area contributed by atoms with E-state index in [2.05, 4.69) is 4.90 Å². The van der Waals surface area contributed by atoms with Crippen molar-refractivity contribution >= 4 is 17.7 Å². The van der Waals surface area contributed by atoms with E-state index in [1.807, 2.05) is 0 Å². The van der Waals surface area contributed by atoms with Crippen LogP contribution in [-0.2, 0) is 4.74 Å². The second kappa shape index (κ2) is 5.79. The quantitative estimate of drug-likeness (QED) is 0.461. The van der Waals surface area contributed by atoms with Gasteiger partial charge >= 0.3 is 0 Å². The summed E-state index contributed by atoms with van der Waals surface area (Å²) >= 11 is 0. The zero-order chi connectivity index (χ0) is 13.8. The maximum absolute atomic E-state index is 11.1. The van der Waals surface area contributed by atoms with Crippen molar-refractivity contribution in [2.45, 2.75) is 6.42 Å². The maximum Gasteiger partial charge on any atom is 0.270 e. The van der Waals surface area contributed by atoms with Crippen molar-refractivity contribution in [1.29, 1.82) is 0 Å². The van der Waals surface area contributed by atoms with Gasteiger partial charge in [0.25, 0.3) is 5.69 Å². The van der Waals surface area contributed by atoms with Gasteiger partial charge in [0.2, 0.25) is 0 Å². The number of nitrogens with zero attached hydrogens (tertiary/aromatic N) is 2. The lowest BCUT2D eigenvalue weighted by molar-refractivity contribution is -0.384. The molecule has 1 aliphatic heterocycles. The van der Waals surface area contributed by atoms with Crippen LogP contribution in [0.3, 0.4) is 0 Å².